The second-order valence-electron chi connectivity index (χ2n) is 6.43. The third-order valence-electron chi connectivity index (χ3n) is 4.10. The fourth-order valence-electron chi connectivity index (χ4n) is 2.86. The molecule has 0 spiro atoms. The summed E-state index contributed by atoms with van der Waals surface area (Å²) in [5.41, 5.74) is -1.42. The van der Waals surface area contributed by atoms with Gasteiger partial charge < -0.3 is 10.0 Å². The normalized spacial score (nSPS) is 23.6. The number of hydrogen-bond donors (Lipinski definition) is 1. The summed E-state index contributed by atoms with van der Waals surface area (Å²) in [6.07, 6.45) is 2.41. The second kappa shape index (κ2) is 5.10. The first-order valence-corrected chi connectivity index (χ1v) is 7.02. The molecule has 1 N–H and O–H groups in total. The molecule has 1 amide bonds. The molecule has 0 atom stereocenters. The van der Waals surface area contributed by atoms with E-state index in [9.17, 15) is 15.2 Å². The number of nitrogens with zero attached hydrogens (tertiary/aromatic N) is 3. The van der Waals surface area contributed by atoms with Gasteiger partial charge in [0.25, 0.3) is 0 Å². The predicted molar refractivity (Wildman–Crippen MR) is 71.2 cm³/mol. The predicted octanol–water partition coefficient (Wildman–Crippen LogP) is 0.595. The summed E-state index contributed by atoms with van der Waals surface area (Å²) < 4.78 is 0. The van der Waals surface area contributed by atoms with Crippen LogP contribution in [0, 0.1) is 16.7 Å². The molecular weight excluding hydrogens is 242 g/mol. The highest BCUT2D eigenvalue weighted by molar-refractivity contribution is 5.86. The number of amides is 1. The Hall–Kier alpha value is -1.12. The maximum absolute atomic E-state index is 12.4. The minimum absolute atomic E-state index is 0.0177. The molecule has 1 saturated carbocycles. The Balaban J connectivity index is 1.87. The zero-order valence-electron chi connectivity index (χ0n) is 11.9. The van der Waals surface area contributed by atoms with Gasteiger partial charge in [-0.25, -0.2) is 0 Å². The van der Waals surface area contributed by atoms with Gasteiger partial charge in [0.2, 0.25) is 5.91 Å². The number of hydrogen-bond acceptors (Lipinski definition) is 4. The van der Waals surface area contributed by atoms with E-state index in [2.05, 4.69) is 11.0 Å². The van der Waals surface area contributed by atoms with Crippen molar-refractivity contribution in [3.05, 3.63) is 0 Å². The average molecular weight is 265 g/mol. The molecule has 5 heteroatoms. The van der Waals surface area contributed by atoms with Crippen LogP contribution in [0.1, 0.15) is 33.1 Å². The van der Waals surface area contributed by atoms with E-state index < -0.39 is 11.0 Å². The third-order valence-corrected chi connectivity index (χ3v) is 4.10. The standard InChI is InChI=1S/C14H23N3O2/c1-13(2,19)11-16-6-8-17(9-7-16)12(18)14(10-15)4-3-5-14/h19H,3-9,11H2,1-2H3. The van der Waals surface area contributed by atoms with Crippen LogP contribution in [-0.2, 0) is 4.79 Å². The highest BCUT2D eigenvalue weighted by Gasteiger charge is 2.47. The smallest absolute Gasteiger partial charge is 0.243 e. The average Bonchev–Trinajstić information content (AvgIpc) is 2.27. The Kier molecular flexibility index (Phi) is 3.84. The van der Waals surface area contributed by atoms with E-state index in [4.69, 9.17) is 0 Å². The lowest BCUT2D eigenvalue weighted by Gasteiger charge is -2.42. The summed E-state index contributed by atoms with van der Waals surface area (Å²) >= 11 is 0. The van der Waals surface area contributed by atoms with Crippen LogP contribution >= 0.6 is 0 Å². The Morgan fingerprint density at radius 3 is 2.26 bits per heavy atom. The summed E-state index contributed by atoms with van der Waals surface area (Å²) in [5, 5.41) is 19.0. The van der Waals surface area contributed by atoms with E-state index in [1.165, 1.54) is 0 Å². The van der Waals surface area contributed by atoms with Crippen molar-refractivity contribution in [1.82, 2.24) is 9.80 Å². The third kappa shape index (κ3) is 3.07. The summed E-state index contributed by atoms with van der Waals surface area (Å²) in [6, 6.07) is 2.22. The fourth-order valence-corrected chi connectivity index (χ4v) is 2.86. The number of carbonyl (C=O) groups is 1. The first kappa shape index (κ1) is 14.3. The lowest BCUT2D eigenvalue weighted by molar-refractivity contribution is -0.145. The van der Waals surface area contributed by atoms with Crippen LogP contribution in [0.3, 0.4) is 0 Å². The number of carbonyl (C=O) groups excluding carboxylic acids is 1. The van der Waals surface area contributed by atoms with Gasteiger partial charge in [0, 0.05) is 32.7 Å². The highest BCUT2D eigenvalue weighted by Crippen LogP contribution is 2.41. The van der Waals surface area contributed by atoms with E-state index in [-0.39, 0.29) is 5.91 Å². The van der Waals surface area contributed by atoms with Crippen molar-refractivity contribution in [2.75, 3.05) is 32.7 Å². The van der Waals surface area contributed by atoms with E-state index in [1.54, 1.807) is 13.8 Å². The van der Waals surface area contributed by atoms with Crippen molar-refractivity contribution in [3.8, 4) is 6.07 Å². The van der Waals surface area contributed by atoms with E-state index in [1.807, 2.05) is 4.90 Å². The van der Waals surface area contributed by atoms with E-state index in [0.29, 0.717) is 32.5 Å². The van der Waals surface area contributed by atoms with Gasteiger partial charge in [0.1, 0.15) is 5.41 Å². The lowest BCUT2D eigenvalue weighted by atomic mass is 9.69. The molecule has 1 saturated heterocycles. The van der Waals surface area contributed by atoms with Crippen molar-refractivity contribution in [2.24, 2.45) is 5.41 Å². The van der Waals surface area contributed by atoms with Crippen LogP contribution < -0.4 is 0 Å². The molecule has 0 aromatic heterocycles. The van der Waals surface area contributed by atoms with Crippen molar-refractivity contribution >= 4 is 5.91 Å². The van der Waals surface area contributed by atoms with Crippen LogP contribution in [0.25, 0.3) is 0 Å². The maximum atomic E-state index is 12.4. The number of rotatable bonds is 3. The molecule has 19 heavy (non-hydrogen) atoms. The van der Waals surface area contributed by atoms with Crippen molar-refractivity contribution in [2.45, 2.75) is 38.7 Å². The molecule has 1 aliphatic heterocycles. The van der Waals surface area contributed by atoms with Crippen LogP contribution in [0.2, 0.25) is 0 Å². The molecule has 2 rings (SSSR count). The van der Waals surface area contributed by atoms with Gasteiger partial charge in [0.15, 0.2) is 0 Å². The van der Waals surface area contributed by atoms with Gasteiger partial charge in [-0.15, -0.1) is 0 Å². The minimum Gasteiger partial charge on any atom is -0.389 e. The van der Waals surface area contributed by atoms with Crippen molar-refractivity contribution in [3.63, 3.8) is 0 Å². The summed E-state index contributed by atoms with van der Waals surface area (Å²) in [5.74, 6) is 0.0177. The molecule has 0 aromatic carbocycles. The molecule has 0 bridgehead atoms. The van der Waals surface area contributed by atoms with E-state index >= 15 is 0 Å². The summed E-state index contributed by atoms with van der Waals surface area (Å²) in [6.45, 7) is 7.09. The molecule has 0 aromatic rings. The molecule has 1 aliphatic carbocycles. The van der Waals surface area contributed by atoms with Crippen molar-refractivity contribution in [1.29, 1.82) is 5.26 Å². The van der Waals surface area contributed by atoms with Gasteiger partial charge in [-0.05, 0) is 33.1 Å². The van der Waals surface area contributed by atoms with Crippen molar-refractivity contribution < 1.29 is 9.90 Å². The van der Waals surface area contributed by atoms with Crippen LogP contribution in [-0.4, -0.2) is 59.1 Å². The zero-order chi connectivity index (χ0) is 14.1. The zero-order valence-corrected chi connectivity index (χ0v) is 11.9. The quantitative estimate of drug-likeness (QED) is 0.811. The van der Waals surface area contributed by atoms with Crippen LogP contribution in [0.15, 0.2) is 0 Å². The van der Waals surface area contributed by atoms with E-state index in [0.717, 1.165) is 19.5 Å². The molecule has 2 aliphatic rings. The first-order chi connectivity index (χ1) is 8.86. The summed E-state index contributed by atoms with van der Waals surface area (Å²) in [7, 11) is 0. The first-order valence-electron chi connectivity index (χ1n) is 7.02. The largest absolute Gasteiger partial charge is 0.389 e. The molecule has 5 nitrogen and oxygen atoms in total. The topological polar surface area (TPSA) is 67.6 Å². The molecule has 1 heterocycles. The number of piperazine rings is 1. The van der Waals surface area contributed by atoms with Gasteiger partial charge in [-0.2, -0.15) is 5.26 Å². The van der Waals surface area contributed by atoms with Crippen LogP contribution in [0.5, 0.6) is 0 Å². The fraction of sp³-hybridized carbons (Fsp3) is 0.857. The Labute approximate surface area is 114 Å². The van der Waals surface area contributed by atoms with Gasteiger partial charge in [-0.1, -0.05) is 0 Å². The molecule has 2 fully saturated rings. The van der Waals surface area contributed by atoms with Gasteiger partial charge in [-0.3, -0.25) is 9.69 Å². The number of aliphatic hydroxyl groups is 1. The van der Waals surface area contributed by atoms with Crippen LogP contribution in [0.4, 0.5) is 0 Å². The molecule has 106 valence electrons. The Bertz CT molecular complexity index is 382. The van der Waals surface area contributed by atoms with Gasteiger partial charge in [0.05, 0.1) is 11.7 Å². The molecular formula is C14H23N3O2. The number of nitriles is 1. The Morgan fingerprint density at radius 1 is 1.32 bits per heavy atom. The van der Waals surface area contributed by atoms with Gasteiger partial charge >= 0.3 is 0 Å². The molecule has 0 unspecified atom stereocenters. The number of β-amino-alcohol motifs (C(OH)–C–C–N with tert-alkyl or cyclic N) is 1. The second-order valence-corrected chi connectivity index (χ2v) is 6.43. The molecule has 0 radical (unpaired) electrons. The minimum atomic E-state index is -0.724. The SMILES string of the molecule is CC(C)(O)CN1CCN(C(=O)C2(C#N)CCC2)CC1. The lowest BCUT2D eigenvalue weighted by Crippen LogP contribution is -2.56. The maximum Gasteiger partial charge on any atom is 0.243 e. The highest BCUT2D eigenvalue weighted by atomic mass is 16.3. The Morgan fingerprint density at radius 2 is 1.89 bits per heavy atom. The monoisotopic (exact) mass is 265 g/mol. The summed E-state index contributed by atoms with van der Waals surface area (Å²) in [4.78, 5) is 16.4.